The molecule has 0 aliphatic heterocycles. The van der Waals surface area contributed by atoms with Gasteiger partial charge in [0.25, 0.3) is 0 Å². The molecular weight excluding hydrogens is 178 g/mol. The van der Waals surface area contributed by atoms with Crippen molar-refractivity contribution in [3.8, 4) is 11.8 Å². The summed E-state index contributed by atoms with van der Waals surface area (Å²) in [7, 11) is 0. The summed E-state index contributed by atoms with van der Waals surface area (Å²) in [5.74, 6) is -0.269. The van der Waals surface area contributed by atoms with Crippen molar-refractivity contribution in [2.24, 2.45) is 0 Å². The minimum atomic E-state index is -0.269. The Morgan fingerprint density at radius 2 is 2.25 bits per heavy atom. The maximum Gasteiger partial charge on any atom is 0.155 e. The van der Waals surface area contributed by atoms with Gasteiger partial charge in [0.2, 0.25) is 0 Å². The first-order chi connectivity index (χ1) is 5.69. The van der Waals surface area contributed by atoms with E-state index in [1.165, 1.54) is 12.1 Å². The maximum absolute atomic E-state index is 10.3. The summed E-state index contributed by atoms with van der Waals surface area (Å²) >= 11 is 5.57. The number of benzene rings is 1. The van der Waals surface area contributed by atoms with Crippen molar-refractivity contribution < 1.29 is 9.90 Å². The molecule has 0 radical (unpaired) electrons. The number of aromatic hydroxyl groups is 1. The third-order valence-corrected chi connectivity index (χ3v) is 1.67. The zero-order chi connectivity index (χ0) is 9.14. The Labute approximate surface area is 73.8 Å². The first-order valence-electron chi connectivity index (χ1n) is 3.07. The van der Waals surface area contributed by atoms with Gasteiger partial charge in [0.05, 0.1) is 22.2 Å². The van der Waals surface area contributed by atoms with E-state index in [9.17, 15) is 4.79 Å². The standard InChI is InChI=1S/C8H4ClNO2/c9-7-1-5(3-10)2-8(12)6(7)4-11/h1-2,4,12H. The van der Waals surface area contributed by atoms with E-state index in [0.717, 1.165) is 0 Å². The van der Waals surface area contributed by atoms with Crippen LogP contribution in [0, 0.1) is 11.3 Å². The van der Waals surface area contributed by atoms with Gasteiger partial charge in [-0.2, -0.15) is 5.26 Å². The molecule has 0 aliphatic carbocycles. The molecule has 1 N–H and O–H groups in total. The van der Waals surface area contributed by atoms with Gasteiger partial charge in [-0.05, 0) is 12.1 Å². The molecule has 1 rings (SSSR count). The van der Waals surface area contributed by atoms with Gasteiger partial charge in [-0.3, -0.25) is 4.79 Å². The van der Waals surface area contributed by atoms with Crippen LogP contribution in [0.3, 0.4) is 0 Å². The fraction of sp³-hybridized carbons (Fsp3) is 0. The van der Waals surface area contributed by atoms with Crippen LogP contribution in [-0.4, -0.2) is 11.4 Å². The van der Waals surface area contributed by atoms with E-state index in [0.29, 0.717) is 6.29 Å². The highest BCUT2D eigenvalue weighted by Gasteiger charge is 2.06. The number of phenols is 1. The molecule has 3 nitrogen and oxygen atoms in total. The second kappa shape index (κ2) is 3.24. The molecule has 4 heteroatoms. The van der Waals surface area contributed by atoms with E-state index in [1.54, 1.807) is 6.07 Å². The maximum atomic E-state index is 10.3. The SMILES string of the molecule is N#Cc1cc(O)c(C=O)c(Cl)c1. The Kier molecular flexibility index (Phi) is 2.32. The number of carbonyl (C=O) groups is 1. The Morgan fingerprint density at radius 1 is 1.58 bits per heavy atom. The van der Waals surface area contributed by atoms with Crippen molar-refractivity contribution >= 4 is 17.9 Å². The van der Waals surface area contributed by atoms with Gasteiger partial charge >= 0.3 is 0 Å². The second-order valence-electron chi connectivity index (χ2n) is 2.12. The number of hydrogen-bond acceptors (Lipinski definition) is 3. The Morgan fingerprint density at radius 3 is 2.67 bits per heavy atom. The lowest BCUT2D eigenvalue weighted by Gasteiger charge is -1.99. The molecule has 0 saturated carbocycles. The first-order valence-corrected chi connectivity index (χ1v) is 3.44. The van der Waals surface area contributed by atoms with Gasteiger partial charge in [-0.25, -0.2) is 0 Å². The molecule has 0 bridgehead atoms. The summed E-state index contributed by atoms with van der Waals surface area (Å²) in [6, 6.07) is 4.31. The predicted molar refractivity (Wildman–Crippen MR) is 43.2 cm³/mol. The highest BCUT2D eigenvalue weighted by atomic mass is 35.5. The fourth-order valence-electron chi connectivity index (χ4n) is 0.785. The molecule has 0 heterocycles. The van der Waals surface area contributed by atoms with Crippen molar-refractivity contribution in [1.29, 1.82) is 5.26 Å². The molecule has 0 aliphatic rings. The van der Waals surface area contributed by atoms with Crippen molar-refractivity contribution in [2.75, 3.05) is 0 Å². The predicted octanol–water partition coefficient (Wildman–Crippen LogP) is 1.73. The van der Waals surface area contributed by atoms with Gasteiger partial charge < -0.3 is 5.11 Å². The summed E-state index contributed by atoms with van der Waals surface area (Å²) in [5.41, 5.74) is 0.235. The topological polar surface area (TPSA) is 61.1 Å². The van der Waals surface area contributed by atoms with E-state index in [-0.39, 0.29) is 21.9 Å². The highest BCUT2D eigenvalue weighted by Crippen LogP contribution is 2.25. The van der Waals surface area contributed by atoms with Crippen LogP contribution in [-0.2, 0) is 0 Å². The van der Waals surface area contributed by atoms with Gasteiger partial charge in [-0.15, -0.1) is 0 Å². The molecule has 0 spiro atoms. The molecule has 0 saturated heterocycles. The average Bonchev–Trinajstić information content (AvgIpc) is 2.03. The van der Waals surface area contributed by atoms with E-state index in [1.807, 2.05) is 0 Å². The summed E-state index contributed by atoms with van der Waals surface area (Å²) in [6.07, 6.45) is 0.443. The number of nitriles is 1. The van der Waals surface area contributed by atoms with Crippen LogP contribution in [0.5, 0.6) is 5.75 Å². The molecule has 60 valence electrons. The van der Waals surface area contributed by atoms with E-state index >= 15 is 0 Å². The summed E-state index contributed by atoms with van der Waals surface area (Å²) in [5, 5.41) is 17.7. The lowest BCUT2D eigenvalue weighted by atomic mass is 10.1. The zero-order valence-corrected chi connectivity index (χ0v) is 6.67. The van der Waals surface area contributed by atoms with Gasteiger partial charge in [0, 0.05) is 0 Å². The highest BCUT2D eigenvalue weighted by molar-refractivity contribution is 6.33. The van der Waals surface area contributed by atoms with E-state index < -0.39 is 0 Å². The first kappa shape index (κ1) is 8.57. The molecule has 1 aromatic carbocycles. The number of halogens is 1. The Hall–Kier alpha value is -1.53. The van der Waals surface area contributed by atoms with Crippen molar-refractivity contribution in [3.05, 3.63) is 28.3 Å². The number of carbonyl (C=O) groups excluding carboxylic acids is 1. The van der Waals surface area contributed by atoms with Crippen molar-refractivity contribution in [3.63, 3.8) is 0 Å². The number of phenolic OH excluding ortho intramolecular Hbond substituents is 1. The number of nitrogens with zero attached hydrogens (tertiary/aromatic N) is 1. The second-order valence-corrected chi connectivity index (χ2v) is 2.53. The van der Waals surface area contributed by atoms with Gasteiger partial charge in [0.1, 0.15) is 5.75 Å². The lowest BCUT2D eigenvalue weighted by Crippen LogP contribution is -1.85. The zero-order valence-electron chi connectivity index (χ0n) is 5.91. The number of aldehydes is 1. The summed E-state index contributed by atoms with van der Waals surface area (Å²) in [4.78, 5) is 10.3. The summed E-state index contributed by atoms with van der Waals surface area (Å²) < 4.78 is 0. The smallest absolute Gasteiger partial charge is 0.155 e. The third-order valence-electron chi connectivity index (χ3n) is 1.35. The van der Waals surface area contributed by atoms with Crippen LogP contribution in [0.1, 0.15) is 15.9 Å². The molecular formula is C8H4ClNO2. The van der Waals surface area contributed by atoms with Crippen LogP contribution in [0.25, 0.3) is 0 Å². The monoisotopic (exact) mass is 181 g/mol. The third kappa shape index (κ3) is 1.39. The van der Waals surface area contributed by atoms with Crippen LogP contribution in [0.15, 0.2) is 12.1 Å². The summed E-state index contributed by atoms with van der Waals surface area (Å²) in [6.45, 7) is 0. The lowest BCUT2D eigenvalue weighted by molar-refractivity contribution is 0.112. The molecule has 12 heavy (non-hydrogen) atoms. The van der Waals surface area contributed by atoms with Gasteiger partial charge in [-0.1, -0.05) is 11.6 Å². The molecule has 0 fully saturated rings. The van der Waals surface area contributed by atoms with Crippen LogP contribution < -0.4 is 0 Å². The molecule has 0 unspecified atom stereocenters. The fourth-order valence-corrected chi connectivity index (χ4v) is 1.04. The quantitative estimate of drug-likeness (QED) is 0.672. The minimum Gasteiger partial charge on any atom is -0.507 e. The van der Waals surface area contributed by atoms with Crippen molar-refractivity contribution in [2.45, 2.75) is 0 Å². The largest absolute Gasteiger partial charge is 0.507 e. The molecule has 0 atom stereocenters. The Bertz CT molecular complexity index is 345. The van der Waals surface area contributed by atoms with Gasteiger partial charge in [0.15, 0.2) is 6.29 Å². The van der Waals surface area contributed by atoms with Crippen LogP contribution in [0.4, 0.5) is 0 Å². The normalized spacial score (nSPS) is 9.00. The molecule has 0 aromatic heterocycles. The number of hydrogen-bond donors (Lipinski definition) is 1. The number of rotatable bonds is 1. The van der Waals surface area contributed by atoms with E-state index in [4.69, 9.17) is 22.0 Å². The van der Waals surface area contributed by atoms with E-state index in [2.05, 4.69) is 0 Å². The molecule has 1 aromatic rings. The minimum absolute atomic E-state index is 0.00988. The Balaban J connectivity index is 3.39. The van der Waals surface area contributed by atoms with Crippen LogP contribution in [0.2, 0.25) is 5.02 Å². The molecule has 0 amide bonds. The van der Waals surface area contributed by atoms with Crippen LogP contribution >= 0.6 is 11.6 Å². The van der Waals surface area contributed by atoms with Crippen molar-refractivity contribution in [1.82, 2.24) is 0 Å². The average molecular weight is 182 g/mol.